The summed E-state index contributed by atoms with van der Waals surface area (Å²) < 4.78 is 1.25. The van der Waals surface area contributed by atoms with Crippen molar-refractivity contribution in [2.75, 3.05) is 11.2 Å². The number of carbonyl (C=O) groups is 1. The minimum Gasteiger partial charge on any atom is -0.336 e. The van der Waals surface area contributed by atoms with Crippen LogP contribution in [0, 0.1) is 0 Å². The number of hydrogen-bond donors (Lipinski definition) is 2. The van der Waals surface area contributed by atoms with E-state index in [1.165, 1.54) is 22.8 Å². The Balaban J connectivity index is 2.04. The first-order valence-corrected chi connectivity index (χ1v) is 7.18. The van der Waals surface area contributed by atoms with Gasteiger partial charge in [-0.2, -0.15) is 0 Å². The molecular formula is C11H11Cl2N5OS. The summed E-state index contributed by atoms with van der Waals surface area (Å²) in [4.78, 5) is 12.1. The molecule has 0 aliphatic carbocycles. The van der Waals surface area contributed by atoms with Gasteiger partial charge in [0.15, 0.2) is 0 Å². The highest BCUT2D eigenvalue weighted by Gasteiger charge is 2.18. The largest absolute Gasteiger partial charge is 0.336 e. The lowest BCUT2D eigenvalue weighted by Gasteiger charge is -2.12. The summed E-state index contributed by atoms with van der Waals surface area (Å²) >= 11 is 13.0. The molecule has 106 valence electrons. The lowest BCUT2D eigenvalue weighted by atomic mass is 10.3. The monoisotopic (exact) mass is 331 g/mol. The molecule has 1 aromatic carbocycles. The minimum atomic E-state index is -0.420. The van der Waals surface area contributed by atoms with Gasteiger partial charge in [0.2, 0.25) is 11.1 Å². The number of nitrogens with one attached hydrogen (secondary N) is 1. The van der Waals surface area contributed by atoms with Gasteiger partial charge in [-0.05, 0) is 25.1 Å². The van der Waals surface area contributed by atoms with E-state index >= 15 is 0 Å². The number of halogens is 2. The molecular weight excluding hydrogens is 321 g/mol. The zero-order valence-electron chi connectivity index (χ0n) is 10.4. The van der Waals surface area contributed by atoms with Crippen LogP contribution in [-0.2, 0) is 4.79 Å². The molecule has 0 saturated carbocycles. The summed E-state index contributed by atoms with van der Waals surface area (Å²) in [5, 5.41) is 11.1. The minimum absolute atomic E-state index is 0.234. The smallest absolute Gasteiger partial charge is 0.237 e. The molecule has 20 heavy (non-hydrogen) atoms. The molecule has 0 radical (unpaired) electrons. The fraction of sp³-hybridized carbons (Fsp3) is 0.182. The molecule has 0 aliphatic rings. The first kappa shape index (κ1) is 15.0. The summed E-state index contributed by atoms with van der Waals surface area (Å²) in [6.45, 7) is 1.73. The number of carbonyl (C=O) groups excluding carboxylic acids is 1. The third kappa shape index (κ3) is 3.56. The molecule has 1 amide bonds. The van der Waals surface area contributed by atoms with Gasteiger partial charge < -0.3 is 11.2 Å². The Morgan fingerprint density at radius 3 is 2.90 bits per heavy atom. The van der Waals surface area contributed by atoms with Gasteiger partial charge in [-0.25, -0.2) is 4.68 Å². The SMILES string of the molecule is C[C@@H](Sc1nncn1N)C(=O)Nc1cc(Cl)ccc1Cl. The lowest BCUT2D eigenvalue weighted by molar-refractivity contribution is -0.115. The number of benzene rings is 1. The number of aromatic nitrogens is 3. The van der Waals surface area contributed by atoms with Crippen molar-refractivity contribution in [2.45, 2.75) is 17.3 Å². The molecule has 1 atom stereocenters. The maximum absolute atomic E-state index is 12.1. The highest BCUT2D eigenvalue weighted by molar-refractivity contribution is 8.00. The van der Waals surface area contributed by atoms with Crippen LogP contribution in [0.3, 0.4) is 0 Å². The van der Waals surface area contributed by atoms with Crippen molar-refractivity contribution < 1.29 is 4.79 Å². The Hall–Kier alpha value is -1.44. The van der Waals surface area contributed by atoms with Crippen LogP contribution < -0.4 is 11.2 Å². The fourth-order valence-electron chi connectivity index (χ4n) is 1.36. The Labute approximate surface area is 129 Å². The number of nitrogens with zero attached hydrogens (tertiary/aromatic N) is 3. The van der Waals surface area contributed by atoms with Crippen LogP contribution in [-0.4, -0.2) is 26.0 Å². The topological polar surface area (TPSA) is 85.8 Å². The molecule has 2 aromatic rings. The number of thioether (sulfide) groups is 1. The lowest BCUT2D eigenvalue weighted by Crippen LogP contribution is -2.23. The average molecular weight is 332 g/mol. The van der Waals surface area contributed by atoms with E-state index in [4.69, 9.17) is 29.0 Å². The molecule has 0 aliphatic heterocycles. The van der Waals surface area contributed by atoms with E-state index in [0.717, 1.165) is 0 Å². The second-order valence-corrected chi connectivity index (χ2v) is 6.05. The van der Waals surface area contributed by atoms with E-state index in [0.29, 0.717) is 20.9 Å². The number of nitrogens with two attached hydrogens (primary N) is 1. The van der Waals surface area contributed by atoms with Gasteiger partial charge in [-0.3, -0.25) is 4.79 Å². The Morgan fingerprint density at radius 1 is 1.50 bits per heavy atom. The van der Waals surface area contributed by atoms with E-state index in [1.807, 2.05) is 0 Å². The van der Waals surface area contributed by atoms with Gasteiger partial charge >= 0.3 is 0 Å². The van der Waals surface area contributed by atoms with E-state index in [2.05, 4.69) is 15.5 Å². The molecule has 0 fully saturated rings. The Bertz CT molecular complexity index is 633. The van der Waals surface area contributed by atoms with Crippen molar-refractivity contribution in [3.63, 3.8) is 0 Å². The summed E-state index contributed by atoms with van der Waals surface area (Å²) in [5.41, 5.74) is 0.464. The van der Waals surface area contributed by atoms with Crippen LogP contribution in [0.25, 0.3) is 0 Å². The van der Waals surface area contributed by atoms with Gasteiger partial charge in [0, 0.05) is 5.02 Å². The molecule has 0 bridgehead atoms. The number of anilines is 1. The predicted octanol–water partition coefficient (Wildman–Crippen LogP) is 2.42. The summed E-state index contributed by atoms with van der Waals surface area (Å²) in [5.74, 6) is 5.35. The standard InChI is InChI=1S/C11H11Cl2N5OS/c1-6(20-11-17-15-5-18(11)14)10(19)16-9-4-7(12)2-3-8(9)13/h2-6H,14H2,1H3,(H,16,19)/t6-/m1/s1. The van der Waals surface area contributed by atoms with Gasteiger partial charge in [0.05, 0.1) is 16.0 Å². The second-order valence-electron chi connectivity index (χ2n) is 3.89. The number of rotatable bonds is 4. The van der Waals surface area contributed by atoms with Gasteiger partial charge in [-0.15, -0.1) is 10.2 Å². The van der Waals surface area contributed by atoms with Crippen molar-refractivity contribution in [2.24, 2.45) is 0 Å². The van der Waals surface area contributed by atoms with E-state index in [-0.39, 0.29) is 5.91 Å². The molecule has 9 heteroatoms. The maximum Gasteiger partial charge on any atom is 0.237 e. The van der Waals surface area contributed by atoms with Gasteiger partial charge in [-0.1, -0.05) is 35.0 Å². The molecule has 3 N–H and O–H groups in total. The highest BCUT2D eigenvalue weighted by atomic mass is 35.5. The molecule has 6 nitrogen and oxygen atoms in total. The molecule has 0 unspecified atom stereocenters. The first-order chi connectivity index (χ1) is 9.47. The Morgan fingerprint density at radius 2 is 2.25 bits per heavy atom. The van der Waals surface area contributed by atoms with Crippen LogP contribution in [0.1, 0.15) is 6.92 Å². The molecule has 0 saturated heterocycles. The number of nitrogen functional groups attached to an aromatic ring is 1. The normalized spacial score (nSPS) is 12.2. The van der Waals surface area contributed by atoms with Crippen LogP contribution >= 0.6 is 35.0 Å². The van der Waals surface area contributed by atoms with Crippen LogP contribution in [0.4, 0.5) is 5.69 Å². The zero-order chi connectivity index (χ0) is 14.7. The maximum atomic E-state index is 12.1. The predicted molar refractivity (Wildman–Crippen MR) is 80.6 cm³/mol. The average Bonchev–Trinajstić information content (AvgIpc) is 2.79. The molecule has 1 heterocycles. The van der Waals surface area contributed by atoms with Crippen LogP contribution in [0.15, 0.2) is 29.7 Å². The highest BCUT2D eigenvalue weighted by Crippen LogP contribution is 2.27. The van der Waals surface area contributed by atoms with Crippen molar-refractivity contribution in [1.29, 1.82) is 0 Å². The Kier molecular flexibility index (Phi) is 4.74. The van der Waals surface area contributed by atoms with Crippen molar-refractivity contribution >= 4 is 46.6 Å². The van der Waals surface area contributed by atoms with E-state index in [1.54, 1.807) is 25.1 Å². The number of amides is 1. The zero-order valence-corrected chi connectivity index (χ0v) is 12.7. The van der Waals surface area contributed by atoms with Gasteiger partial charge in [0.1, 0.15) is 6.33 Å². The van der Waals surface area contributed by atoms with E-state index in [9.17, 15) is 4.79 Å². The van der Waals surface area contributed by atoms with E-state index < -0.39 is 5.25 Å². The van der Waals surface area contributed by atoms with Crippen LogP contribution in [0.2, 0.25) is 10.0 Å². The van der Waals surface area contributed by atoms with Crippen molar-refractivity contribution in [3.8, 4) is 0 Å². The summed E-state index contributed by atoms with van der Waals surface area (Å²) in [6.07, 6.45) is 1.36. The third-order valence-electron chi connectivity index (χ3n) is 2.38. The molecule has 0 spiro atoms. The van der Waals surface area contributed by atoms with Crippen molar-refractivity contribution in [3.05, 3.63) is 34.6 Å². The van der Waals surface area contributed by atoms with Crippen LogP contribution in [0.5, 0.6) is 0 Å². The number of hydrogen-bond acceptors (Lipinski definition) is 5. The van der Waals surface area contributed by atoms with Crippen molar-refractivity contribution in [1.82, 2.24) is 14.9 Å². The third-order valence-corrected chi connectivity index (χ3v) is 4.01. The summed E-state index contributed by atoms with van der Waals surface area (Å²) in [7, 11) is 0. The molecule has 2 rings (SSSR count). The second kappa shape index (κ2) is 6.34. The quantitative estimate of drug-likeness (QED) is 0.663. The van der Waals surface area contributed by atoms with Gasteiger partial charge in [0.25, 0.3) is 0 Å². The summed E-state index contributed by atoms with van der Waals surface area (Å²) in [6, 6.07) is 4.85. The fourth-order valence-corrected chi connectivity index (χ4v) is 2.44. The first-order valence-electron chi connectivity index (χ1n) is 5.55. The molecule has 1 aromatic heterocycles.